The van der Waals surface area contributed by atoms with E-state index in [1.54, 1.807) is 20.8 Å². The van der Waals surface area contributed by atoms with Crippen LogP contribution in [-0.2, 0) is 23.4 Å². The van der Waals surface area contributed by atoms with Crippen molar-refractivity contribution in [3.63, 3.8) is 0 Å². The molecule has 0 radical (unpaired) electrons. The van der Waals surface area contributed by atoms with Crippen molar-refractivity contribution < 1.29 is 28.5 Å². The van der Waals surface area contributed by atoms with Gasteiger partial charge in [-0.3, -0.25) is 0 Å². The van der Waals surface area contributed by atoms with E-state index in [2.05, 4.69) is 45.7 Å². The van der Waals surface area contributed by atoms with E-state index < -0.39 is 44.5 Å². The minimum Gasteiger partial charge on any atom is -0.456 e. The van der Waals surface area contributed by atoms with E-state index in [4.69, 9.17) is 18.6 Å². The van der Waals surface area contributed by atoms with E-state index >= 15 is 0 Å². The molecular formula is C24H36O6Si. The highest BCUT2D eigenvalue weighted by Gasteiger charge is 2.51. The Labute approximate surface area is 187 Å². The lowest BCUT2D eigenvalue weighted by Gasteiger charge is -2.41. The Morgan fingerprint density at radius 2 is 1.77 bits per heavy atom. The van der Waals surface area contributed by atoms with Gasteiger partial charge in [0.2, 0.25) is 0 Å². The van der Waals surface area contributed by atoms with E-state index in [-0.39, 0.29) is 11.6 Å². The molecule has 0 amide bonds. The van der Waals surface area contributed by atoms with Gasteiger partial charge in [0.05, 0.1) is 12.7 Å². The average molecular weight is 449 g/mol. The Bertz CT molecular complexity index is 803. The van der Waals surface area contributed by atoms with Gasteiger partial charge in [0.25, 0.3) is 0 Å². The lowest BCUT2D eigenvalue weighted by molar-refractivity contribution is -0.158. The molecule has 1 aliphatic heterocycles. The molecule has 1 saturated heterocycles. The van der Waals surface area contributed by atoms with Crippen LogP contribution < -0.4 is 0 Å². The molecule has 6 nitrogen and oxygen atoms in total. The molecule has 1 N–H and O–H groups in total. The van der Waals surface area contributed by atoms with Crippen LogP contribution in [0.2, 0.25) is 18.1 Å². The van der Waals surface area contributed by atoms with Gasteiger partial charge in [0.1, 0.15) is 18.3 Å². The normalized spacial score (nSPS) is 22.9. The van der Waals surface area contributed by atoms with Crippen LogP contribution in [0.15, 0.2) is 30.3 Å². The summed E-state index contributed by atoms with van der Waals surface area (Å²) in [5.41, 5.74) is 0.939. The summed E-state index contributed by atoms with van der Waals surface area (Å²) in [6.45, 7) is 16.4. The van der Waals surface area contributed by atoms with Gasteiger partial charge in [-0.15, -0.1) is 0 Å². The van der Waals surface area contributed by atoms with E-state index in [9.17, 15) is 9.90 Å². The zero-order valence-electron chi connectivity index (χ0n) is 19.9. The SMILES string of the molecule is CCOC(=O)C#C[C@@H](O)[C@H]1OC(C)(C)O[C@@H]1[C@@H](O[Si](C)(C)C(C)(C)C)c1ccccc1. The third-order valence-corrected chi connectivity index (χ3v) is 10.2. The van der Waals surface area contributed by atoms with Crippen LogP contribution in [0.5, 0.6) is 0 Å². The summed E-state index contributed by atoms with van der Waals surface area (Å²) < 4.78 is 23.9. The standard InChI is InChI=1S/C24H36O6Si/c1-9-27-19(26)16-15-18(25)21-22(29-24(5,6)28-21)20(17-13-11-10-12-14-17)30-31(7,8)23(2,3)4/h10-14,18,20-22,25H,9H2,1-8H3/t18-,20+,21-,22-/m1/s1. The molecule has 0 aromatic heterocycles. The third-order valence-electron chi connectivity index (χ3n) is 5.73. The highest BCUT2D eigenvalue weighted by atomic mass is 28.4. The van der Waals surface area contributed by atoms with Gasteiger partial charge in [-0.1, -0.05) is 57.0 Å². The molecule has 0 saturated carbocycles. The van der Waals surface area contributed by atoms with E-state index in [0.29, 0.717) is 0 Å². The smallest absolute Gasteiger partial charge is 0.384 e. The fraction of sp³-hybridized carbons (Fsp3) is 0.625. The number of esters is 1. The number of ether oxygens (including phenoxy) is 3. The van der Waals surface area contributed by atoms with E-state index in [1.807, 2.05) is 30.3 Å². The van der Waals surface area contributed by atoms with Crippen LogP contribution >= 0.6 is 0 Å². The van der Waals surface area contributed by atoms with Crippen LogP contribution in [0, 0.1) is 11.8 Å². The quantitative estimate of drug-likeness (QED) is 0.304. The fourth-order valence-electron chi connectivity index (χ4n) is 3.14. The molecule has 0 bridgehead atoms. The Morgan fingerprint density at radius 1 is 1.19 bits per heavy atom. The van der Waals surface area contributed by atoms with Crippen LogP contribution in [-0.4, -0.2) is 50.1 Å². The molecule has 172 valence electrons. The number of aliphatic hydroxyl groups excluding tert-OH is 1. The van der Waals surface area contributed by atoms with Crippen LogP contribution in [0.4, 0.5) is 0 Å². The summed E-state index contributed by atoms with van der Waals surface area (Å²) in [6.07, 6.45) is -3.12. The highest BCUT2D eigenvalue weighted by Crippen LogP contribution is 2.44. The number of rotatable bonds is 6. The molecule has 1 aliphatic rings. The number of hydrogen-bond acceptors (Lipinski definition) is 6. The Balaban J connectivity index is 2.42. The van der Waals surface area contributed by atoms with Crippen LogP contribution in [0.1, 0.15) is 53.2 Å². The average Bonchev–Trinajstić information content (AvgIpc) is 2.99. The minimum absolute atomic E-state index is 0.0210. The molecular weight excluding hydrogens is 412 g/mol. The number of benzene rings is 1. The first-order valence-electron chi connectivity index (χ1n) is 10.7. The second-order valence-electron chi connectivity index (χ2n) is 9.71. The van der Waals surface area contributed by atoms with Crippen LogP contribution in [0.3, 0.4) is 0 Å². The molecule has 7 heteroatoms. The molecule has 4 atom stereocenters. The summed E-state index contributed by atoms with van der Waals surface area (Å²) in [5, 5.41) is 10.8. The first-order valence-corrected chi connectivity index (χ1v) is 13.6. The molecule has 0 spiro atoms. The zero-order chi connectivity index (χ0) is 23.4. The number of carbonyl (C=O) groups excluding carboxylic acids is 1. The maximum atomic E-state index is 11.6. The summed E-state index contributed by atoms with van der Waals surface area (Å²) in [7, 11) is -2.20. The molecule has 1 fully saturated rings. The first kappa shape index (κ1) is 25.6. The molecule has 2 rings (SSSR count). The summed E-state index contributed by atoms with van der Waals surface area (Å²) >= 11 is 0. The molecule has 0 unspecified atom stereocenters. The maximum Gasteiger partial charge on any atom is 0.384 e. The summed E-state index contributed by atoms with van der Waals surface area (Å²) in [6, 6.07) is 9.81. The highest BCUT2D eigenvalue weighted by molar-refractivity contribution is 6.74. The van der Waals surface area contributed by atoms with Crippen molar-refractivity contribution in [1.29, 1.82) is 0 Å². The van der Waals surface area contributed by atoms with Crippen molar-refractivity contribution in [2.45, 2.75) is 89.9 Å². The van der Waals surface area contributed by atoms with Crippen molar-refractivity contribution in [3.8, 4) is 11.8 Å². The Kier molecular flexibility index (Phi) is 8.12. The van der Waals surface area contributed by atoms with Gasteiger partial charge < -0.3 is 23.7 Å². The molecule has 1 aromatic rings. The minimum atomic E-state index is -2.20. The van der Waals surface area contributed by atoms with Crippen molar-refractivity contribution in [2.75, 3.05) is 6.61 Å². The lowest BCUT2D eigenvalue weighted by atomic mass is 9.97. The predicted octanol–water partition coefficient (Wildman–Crippen LogP) is 4.20. The second-order valence-corrected chi connectivity index (χ2v) is 14.5. The van der Waals surface area contributed by atoms with E-state index in [0.717, 1.165) is 5.56 Å². The summed E-state index contributed by atoms with van der Waals surface area (Å²) in [4.78, 5) is 11.6. The zero-order valence-corrected chi connectivity index (χ0v) is 20.9. The van der Waals surface area contributed by atoms with Gasteiger partial charge in [0, 0.05) is 5.92 Å². The van der Waals surface area contributed by atoms with Gasteiger partial charge in [-0.2, -0.15) is 0 Å². The topological polar surface area (TPSA) is 74.2 Å². The van der Waals surface area contributed by atoms with Crippen LogP contribution in [0.25, 0.3) is 0 Å². The third kappa shape index (κ3) is 6.64. The molecule has 1 aromatic carbocycles. The largest absolute Gasteiger partial charge is 0.456 e. The molecule has 0 aliphatic carbocycles. The number of hydrogen-bond donors (Lipinski definition) is 1. The maximum absolute atomic E-state index is 11.6. The van der Waals surface area contributed by atoms with Gasteiger partial charge >= 0.3 is 5.97 Å². The van der Waals surface area contributed by atoms with Gasteiger partial charge in [-0.05, 0) is 44.5 Å². The summed E-state index contributed by atoms with van der Waals surface area (Å²) in [5.74, 6) is 3.26. The Morgan fingerprint density at radius 3 is 2.32 bits per heavy atom. The predicted molar refractivity (Wildman–Crippen MR) is 122 cm³/mol. The second kappa shape index (κ2) is 9.84. The van der Waals surface area contributed by atoms with Crippen molar-refractivity contribution >= 4 is 14.3 Å². The van der Waals surface area contributed by atoms with Crippen molar-refractivity contribution in [3.05, 3.63) is 35.9 Å². The van der Waals surface area contributed by atoms with Gasteiger partial charge in [-0.25, -0.2) is 4.79 Å². The molecule has 31 heavy (non-hydrogen) atoms. The fourth-order valence-corrected chi connectivity index (χ4v) is 4.40. The molecule has 1 heterocycles. The van der Waals surface area contributed by atoms with Crippen molar-refractivity contribution in [1.82, 2.24) is 0 Å². The number of carbonyl (C=O) groups is 1. The lowest BCUT2D eigenvalue weighted by Crippen LogP contribution is -2.47. The first-order chi connectivity index (χ1) is 14.3. The van der Waals surface area contributed by atoms with E-state index in [1.165, 1.54) is 0 Å². The Hall–Kier alpha value is -1.69. The van der Waals surface area contributed by atoms with Crippen molar-refractivity contribution in [2.24, 2.45) is 0 Å². The monoisotopic (exact) mass is 448 g/mol. The van der Waals surface area contributed by atoms with Gasteiger partial charge in [0.15, 0.2) is 14.1 Å². The number of aliphatic hydroxyl groups is 1.